The van der Waals surface area contributed by atoms with Crippen LogP contribution < -0.4 is 0 Å². The Morgan fingerprint density at radius 2 is 2.38 bits per heavy atom. The molecule has 1 aliphatic carbocycles. The molecular formula is C11H16N2O3. The molecule has 1 fully saturated rings. The minimum absolute atomic E-state index is 0.0175. The number of Topliss-reactive ketones (excluding diaryl/α,β-unsaturated/α-hetero) is 1. The predicted octanol–water partition coefficient (Wildman–Crippen LogP) is 1.01. The first-order valence-corrected chi connectivity index (χ1v) is 5.41. The summed E-state index contributed by atoms with van der Waals surface area (Å²) in [4.78, 5) is 26.6. The van der Waals surface area contributed by atoms with E-state index in [1.165, 1.54) is 0 Å². The van der Waals surface area contributed by atoms with Crippen molar-refractivity contribution in [2.24, 2.45) is 10.9 Å². The number of nitrogens with one attached hydrogen (secondary N) is 1. The van der Waals surface area contributed by atoms with Crippen LogP contribution in [0.2, 0.25) is 0 Å². The number of carbonyl (C=O) groups excluding carboxylic acids is 2. The summed E-state index contributed by atoms with van der Waals surface area (Å²) in [6, 6.07) is 0. The Kier molecular flexibility index (Phi) is 4.82. The highest BCUT2D eigenvalue weighted by atomic mass is 16.5. The Hall–Kier alpha value is -1.52. The summed E-state index contributed by atoms with van der Waals surface area (Å²) in [5, 5.41) is 7.18. The lowest BCUT2D eigenvalue weighted by Gasteiger charge is -2.19. The fourth-order valence-corrected chi connectivity index (χ4v) is 1.68. The number of rotatable bonds is 4. The molecule has 0 aromatic carbocycles. The maximum atomic E-state index is 11.5. The van der Waals surface area contributed by atoms with Gasteiger partial charge < -0.3 is 10.1 Å². The Morgan fingerprint density at radius 1 is 1.62 bits per heavy atom. The van der Waals surface area contributed by atoms with Gasteiger partial charge in [0.05, 0.1) is 12.5 Å². The lowest BCUT2D eigenvalue weighted by molar-refractivity contribution is -0.141. The molecule has 0 aromatic rings. The molecular weight excluding hydrogens is 208 g/mol. The van der Waals surface area contributed by atoms with Crippen LogP contribution in [0.15, 0.2) is 4.99 Å². The standard InChI is InChI=1S/C11H16N2O3/c1-2-16-11(15)7-13-9-4-3-5-10(14)8(9)6-12/h6,8,12H,2-5,7H2,1H3. The van der Waals surface area contributed by atoms with Gasteiger partial charge in [-0.3, -0.25) is 14.6 Å². The molecule has 0 bridgehead atoms. The number of carbonyl (C=O) groups is 2. The highest BCUT2D eigenvalue weighted by molar-refractivity contribution is 6.17. The van der Waals surface area contributed by atoms with Crippen molar-refractivity contribution in [3.63, 3.8) is 0 Å². The summed E-state index contributed by atoms with van der Waals surface area (Å²) in [5.74, 6) is -0.899. The third kappa shape index (κ3) is 3.25. The summed E-state index contributed by atoms with van der Waals surface area (Å²) in [6.45, 7) is 2.01. The highest BCUT2D eigenvalue weighted by Crippen LogP contribution is 2.17. The first-order valence-electron chi connectivity index (χ1n) is 5.41. The van der Waals surface area contributed by atoms with Crippen LogP contribution in [-0.4, -0.2) is 36.8 Å². The van der Waals surface area contributed by atoms with E-state index in [1.807, 2.05) is 0 Å². The van der Waals surface area contributed by atoms with Crippen LogP contribution in [0.25, 0.3) is 0 Å². The third-order valence-electron chi connectivity index (χ3n) is 2.45. The van der Waals surface area contributed by atoms with E-state index >= 15 is 0 Å². The molecule has 0 heterocycles. The molecule has 1 rings (SSSR count). The number of ketones is 1. The van der Waals surface area contributed by atoms with Crippen LogP contribution in [0, 0.1) is 11.3 Å². The van der Waals surface area contributed by atoms with Gasteiger partial charge in [0.25, 0.3) is 0 Å². The summed E-state index contributed by atoms with van der Waals surface area (Å²) >= 11 is 0. The Labute approximate surface area is 94.4 Å². The molecule has 1 N–H and O–H groups in total. The van der Waals surface area contributed by atoms with Gasteiger partial charge in [0.1, 0.15) is 12.3 Å². The molecule has 1 aliphatic rings. The molecule has 5 heteroatoms. The van der Waals surface area contributed by atoms with Gasteiger partial charge in [0.2, 0.25) is 0 Å². The van der Waals surface area contributed by atoms with Gasteiger partial charge in [-0.1, -0.05) is 0 Å². The smallest absolute Gasteiger partial charge is 0.327 e. The fraction of sp³-hybridized carbons (Fsp3) is 0.636. The Bertz CT molecular complexity index is 323. The van der Waals surface area contributed by atoms with Crippen LogP contribution in [-0.2, 0) is 14.3 Å². The highest BCUT2D eigenvalue weighted by Gasteiger charge is 2.26. The summed E-state index contributed by atoms with van der Waals surface area (Å²) < 4.78 is 4.74. The van der Waals surface area contributed by atoms with Crippen LogP contribution in [0.1, 0.15) is 26.2 Å². The second-order valence-electron chi connectivity index (χ2n) is 3.58. The number of ether oxygens (including phenoxy) is 1. The summed E-state index contributed by atoms with van der Waals surface area (Å²) in [6.07, 6.45) is 3.04. The Morgan fingerprint density at radius 3 is 3.00 bits per heavy atom. The molecule has 16 heavy (non-hydrogen) atoms. The van der Waals surface area contributed by atoms with E-state index in [4.69, 9.17) is 10.1 Å². The van der Waals surface area contributed by atoms with Crippen molar-refractivity contribution in [2.75, 3.05) is 13.2 Å². The number of esters is 1. The van der Waals surface area contributed by atoms with E-state index in [-0.39, 0.29) is 12.3 Å². The molecule has 1 saturated carbocycles. The third-order valence-corrected chi connectivity index (χ3v) is 2.45. The number of hydrogen-bond donors (Lipinski definition) is 1. The van der Waals surface area contributed by atoms with E-state index in [0.29, 0.717) is 25.2 Å². The van der Waals surface area contributed by atoms with Crippen LogP contribution in [0.5, 0.6) is 0 Å². The van der Waals surface area contributed by atoms with Gasteiger partial charge in [0, 0.05) is 18.3 Å². The minimum Gasteiger partial charge on any atom is -0.465 e. The Balaban J connectivity index is 2.62. The lowest BCUT2D eigenvalue weighted by Crippen LogP contribution is -2.30. The minimum atomic E-state index is -0.525. The number of hydrogen-bond acceptors (Lipinski definition) is 5. The van der Waals surface area contributed by atoms with Gasteiger partial charge in [0.15, 0.2) is 0 Å². The van der Waals surface area contributed by atoms with Gasteiger partial charge >= 0.3 is 5.97 Å². The molecule has 1 unspecified atom stereocenters. The van der Waals surface area contributed by atoms with E-state index in [0.717, 1.165) is 12.6 Å². The first-order chi connectivity index (χ1) is 7.69. The molecule has 1 atom stereocenters. The molecule has 0 radical (unpaired) electrons. The second-order valence-corrected chi connectivity index (χ2v) is 3.58. The fourth-order valence-electron chi connectivity index (χ4n) is 1.68. The zero-order valence-corrected chi connectivity index (χ0v) is 9.36. The van der Waals surface area contributed by atoms with Crippen molar-refractivity contribution in [3.05, 3.63) is 0 Å². The zero-order chi connectivity index (χ0) is 12.0. The SMILES string of the molecule is CCOC(=O)CN=C1CCCC(=O)C1C=N. The van der Waals surface area contributed by atoms with Gasteiger partial charge in [-0.15, -0.1) is 0 Å². The number of aliphatic imine (C=N–C) groups is 1. The van der Waals surface area contributed by atoms with E-state index in [2.05, 4.69) is 4.99 Å². The number of nitrogens with zero attached hydrogens (tertiary/aromatic N) is 1. The molecule has 5 nitrogen and oxygen atoms in total. The van der Waals surface area contributed by atoms with Gasteiger partial charge in [-0.25, -0.2) is 0 Å². The van der Waals surface area contributed by atoms with Crippen LogP contribution in [0.3, 0.4) is 0 Å². The average molecular weight is 224 g/mol. The average Bonchev–Trinajstić information content (AvgIpc) is 2.27. The van der Waals surface area contributed by atoms with Crippen molar-refractivity contribution in [1.82, 2.24) is 0 Å². The van der Waals surface area contributed by atoms with Crippen molar-refractivity contribution in [3.8, 4) is 0 Å². The molecule has 0 spiro atoms. The first kappa shape index (κ1) is 12.5. The van der Waals surface area contributed by atoms with E-state index in [9.17, 15) is 9.59 Å². The quantitative estimate of drug-likeness (QED) is 0.571. The molecule has 0 aliphatic heterocycles. The second kappa shape index (κ2) is 6.15. The normalized spacial score (nSPS) is 23.2. The van der Waals surface area contributed by atoms with Crippen molar-refractivity contribution >= 4 is 23.7 Å². The monoisotopic (exact) mass is 224 g/mol. The predicted molar refractivity (Wildman–Crippen MR) is 60.1 cm³/mol. The lowest BCUT2D eigenvalue weighted by atomic mass is 9.87. The maximum Gasteiger partial charge on any atom is 0.327 e. The molecule has 0 amide bonds. The van der Waals surface area contributed by atoms with E-state index in [1.54, 1.807) is 6.92 Å². The maximum absolute atomic E-state index is 11.5. The summed E-state index contributed by atoms with van der Waals surface area (Å²) in [5.41, 5.74) is 0.638. The largest absolute Gasteiger partial charge is 0.465 e. The van der Waals surface area contributed by atoms with Crippen LogP contribution >= 0.6 is 0 Å². The van der Waals surface area contributed by atoms with Crippen molar-refractivity contribution in [2.45, 2.75) is 26.2 Å². The topological polar surface area (TPSA) is 79.6 Å². The van der Waals surface area contributed by atoms with Gasteiger partial charge in [-0.2, -0.15) is 0 Å². The molecule has 88 valence electrons. The molecule has 0 aromatic heterocycles. The van der Waals surface area contributed by atoms with Gasteiger partial charge in [-0.05, 0) is 19.8 Å². The van der Waals surface area contributed by atoms with Crippen LogP contribution in [0.4, 0.5) is 0 Å². The molecule has 0 saturated heterocycles. The summed E-state index contributed by atoms with van der Waals surface area (Å²) in [7, 11) is 0. The zero-order valence-electron chi connectivity index (χ0n) is 9.36. The van der Waals surface area contributed by atoms with Crippen molar-refractivity contribution in [1.29, 1.82) is 5.41 Å². The van der Waals surface area contributed by atoms with E-state index < -0.39 is 11.9 Å². The van der Waals surface area contributed by atoms with Crippen molar-refractivity contribution < 1.29 is 14.3 Å².